The molecule has 1 saturated carbocycles. The van der Waals surface area contributed by atoms with E-state index in [2.05, 4.69) is 26.2 Å². The number of carbonyl (C=O) groups is 1. The monoisotopic (exact) mass is 316 g/mol. The summed E-state index contributed by atoms with van der Waals surface area (Å²) in [6, 6.07) is 3.88. The number of hydrogen-bond acceptors (Lipinski definition) is 2. The number of hydrogen-bond donors (Lipinski definition) is 1. The van der Waals surface area contributed by atoms with Crippen molar-refractivity contribution in [3.63, 3.8) is 0 Å². The SMILES string of the molecule is O=C(NC1CCCC1)C(Cl)c1ccc(Br)cn1. The number of nitrogens with one attached hydrogen (secondary N) is 1. The molecule has 92 valence electrons. The van der Waals surface area contributed by atoms with Crippen LogP contribution < -0.4 is 5.32 Å². The molecule has 2 rings (SSSR count). The summed E-state index contributed by atoms with van der Waals surface area (Å²) in [4.78, 5) is 16.0. The van der Waals surface area contributed by atoms with Crippen molar-refractivity contribution in [2.75, 3.05) is 0 Å². The minimum Gasteiger partial charge on any atom is -0.352 e. The van der Waals surface area contributed by atoms with Crippen LogP contribution in [0.15, 0.2) is 22.8 Å². The highest BCUT2D eigenvalue weighted by Crippen LogP contribution is 2.23. The van der Waals surface area contributed by atoms with Gasteiger partial charge < -0.3 is 5.32 Å². The van der Waals surface area contributed by atoms with Crippen molar-refractivity contribution in [2.45, 2.75) is 37.1 Å². The maximum atomic E-state index is 11.9. The molecule has 1 aliphatic rings. The molecule has 1 aromatic heterocycles. The lowest BCUT2D eigenvalue weighted by molar-refractivity contribution is -0.121. The normalized spacial score (nSPS) is 18.0. The Labute approximate surface area is 114 Å². The predicted octanol–water partition coefficient (Wildman–Crippen LogP) is 3.18. The topological polar surface area (TPSA) is 42.0 Å². The summed E-state index contributed by atoms with van der Waals surface area (Å²) in [6.07, 6.45) is 6.14. The van der Waals surface area contributed by atoms with Crippen molar-refractivity contribution in [3.05, 3.63) is 28.5 Å². The second-order valence-electron chi connectivity index (χ2n) is 4.25. The minimum absolute atomic E-state index is 0.145. The number of alkyl halides is 1. The molecular weight excluding hydrogens is 304 g/mol. The van der Waals surface area contributed by atoms with Gasteiger partial charge in [0.15, 0.2) is 5.38 Å². The van der Waals surface area contributed by atoms with E-state index >= 15 is 0 Å². The summed E-state index contributed by atoms with van der Waals surface area (Å²) in [5.41, 5.74) is 0.588. The molecule has 0 aromatic carbocycles. The van der Waals surface area contributed by atoms with Crippen LogP contribution in [0.5, 0.6) is 0 Å². The van der Waals surface area contributed by atoms with E-state index in [1.807, 2.05) is 6.07 Å². The molecule has 0 radical (unpaired) electrons. The van der Waals surface area contributed by atoms with Crippen LogP contribution >= 0.6 is 27.5 Å². The lowest BCUT2D eigenvalue weighted by Crippen LogP contribution is -2.35. The van der Waals surface area contributed by atoms with Crippen LogP contribution in [0, 0.1) is 0 Å². The summed E-state index contributed by atoms with van der Waals surface area (Å²) in [7, 11) is 0. The Morgan fingerprint density at radius 1 is 1.47 bits per heavy atom. The molecule has 3 nitrogen and oxygen atoms in total. The molecule has 1 N–H and O–H groups in total. The second-order valence-corrected chi connectivity index (χ2v) is 5.61. The van der Waals surface area contributed by atoms with Crippen molar-refractivity contribution >= 4 is 33.4 Å². The zero-order valence-electron chi connectivity index (χ0n) is 9.33. The maximum absolute atomic E-state index is 11.9. The third-order valence-corrected chi connectivity index (χ3v) is 3.83. The quantitative estimate of drug-likeness (QED) is 0.870. The molecule has 0 aliphatic heterocycles. The fourth-order valence-electron chi connectivity index (χ4n) is 2.02. The molecule has 1 heterocycles. The van der Waals surface area contributed by atoms with E-state index in [1.54, 1.807) is 12.3 Å². The first kappa shape index (κ1) is 12.8. The number of aromatic nitrogens is 1. The van der Waals surface area contributed by atoms with Gasteiger partial charge in [-0.2, -0.15) is 0 Å². The van der Waals surface area contributed by atoms with E-state index in [-0.39, 0.29) is 5.91 Å². The molecule has 0 saturated heterocycles. The zero-order chi connectivity index (χ0) is 12.3. The summed E-state index contributed by atoms with van der Waals surface area (Å²) >= 11 is 9.39. The Kier molecular flexibility index (Phi) is 4.40. The fourth-order valence-corrected chi connectivity index (χ4v) is 2.44. The van der Waals surface area contributed by atoms with Crippen LogP contribution in [0.25, 0.3) is 0 Å². The fraction of sp³-hybridized carbons (Fsp3) is 0.500. The Hall–Kier alpha value is -0.610. The number of pyridine rings is 1. The Balaban J connectivity index is 1.96. The number of carbonyl (C=O) groups excluding carboxylic acids is 1. The molecule has 5 heteroatoms. The van der Waals surface area contributed by atoms with Gasteiger partial charge in [0, 0.05) is 16.7 Å². The molecule has 1 aromatic rings. The number of nitrogens with zero attached hydrogens (tertiary/aromatic N) is 1. The van der Waals surface area contributed by atoms with Crippen molar-refractivity contribution in [1.82, 2.24) is 10.3 Å². The first-order valence-electron chi connectivity index (χ1n) is 5.73. The van der Waals surface area contributed by atoms with E-state index in [9.17, 15) is 4.79 Å². The summed E-state index contributed by atoms with van der Waals surface area (Å²) in [5, 5.41) is 2.26. The molecule has 0 bridgehead atoms. The Morgan fingerprint density at radius 3 is 2.76 bits per heavy atom. The van der Waals surface area contributed by atoms with E-state index in [0.29, 0.717) is 11.7 Å². The third-order valence-electron chi connectivity index (χ3n) is 2.94. The van der Waals surface area contributed by atoms with Crippen LogP contribution in [0.2, 0.25) is 0 Å². The second kappa shape index (κ2) is 5.83. The third kappa shape index (κ3) is 3.42. The minimum atomic E-state index is -0.705. The predicted molar refractivity (Wildman–Crippen MR) is 70.9 cm³/mol. The van der Waals surface area contributed by atoms with Gasteiger partial charge in [-0.1, -0.05) is 12.8 Å². The van der Waals surface area contributed by atoms with Gasteiger partial charge in [0.2, 0.25) is 5.91 Å². The van der Waals surface area contributed by atoms with Gasteiger partial charge in [-0.25, -0.2) is 0 Å². The van der Waals surface area contributed by atoms with Crippen LogP contribution in [0.4, 0.5) is 0 Å². The van der Waals surface area contributed by atoms with Gasteiger partial charge in [-0.3, -0.25) is 9.78 Å². The number of amides is 1. The zero-order valence-corrected chi connectivity index (χ0v) is 11.7. The van der Waals surface area contributed by atoms with Crippen molar-refractivity contribution in [3.8, 4) is 0 Å². The van der Waals surface area contributed by atoms with Crippen LogP contribution in [0.1, 0.15) is 36.8 Å². The van der Waals surface area contributed by atoms with Crippen LogP contribution in [-0.2, 0) is 4.79 Å². The van der Waals surface area contributed by atoms with Gasteiger partial charge in [0.1, 0.15) is 0 Å². The molecule has 1 unspecified atom stereocenters. The first-order valence-corrected chi connectivity index (χ1v) is 6.95. The van der Waals surface area contributed by atoms with E-state index in [0.717, 1.165) is 17.3 Å². The number of halogens is 2. The molecule has 1 aliphatic carbocycles. The molecule has 17 heavy (non-hydrogen) atoms. The average molecular weight is 318 g/mol. The highest BCUT2D eigenvalue weighted by Gasteiger charge is 2.23. The van der Waals surface area contributed by atoms with Gasteiger partial charge in [-0.15, -0.1) is 11.6 Å². The molecule has 0 spiro atoms. The van der Waals surface area contributed by atoms with Gasteiger partial charge >= 0.3 is 0 Å². The standard InChI is InChI=1S/C12H14BrClN2O/c13-8-5-6-10(15-7-8)11(14)12(17)16-9-3-1-2-4-9/h5-7,9,11H,1-4H2,(H,16,17). The van der Waals surface area contributed by atoms with Gasteiger partial charge in [-0.05, 0) is 40.9 Å². The average Bonchev–Trinajstić information content (AvgIpc) is 2.82. The van der Waals surface area contributed by atoms with E-state index < -0.39 is 5.38 Å². The van der Waals surface area contributed by atoms with Crippen molar-refractivity contribution in [2.24, 2.45) is 0 Å². The largest absolute Gasteiger partial charge is 0.352 e. The number of rotatable bonds is 3. The van der Waals surface area contributed by atoms with Gasteiger partial charge in [0.25, 0.3) is 0 Å². The van der Waals surface area contributed by atoms with Crippen molar-refractivity contribution < 1.29 is 4.79 Å². The molecular formula is C12H14BrClN2O. The highest BCUT2D eigenvalue weighted by molar-refractivity contribution is 9.10. The van der Waals surface area contributed by atoms with E-state index in [4.69, 9.17) is 11.6 Å². The lowest BCUT2D eigenvalue weighted by atomic mass is 10.2. The van der Waals surface area contributed by atoms with Crippen LogP contribution in [-0.4, -0.2) is 16.9 Å². The Morgan fingerprint density at radius 2 is 2.18 bits per heavy atom. The summed E-state index contributed by atoms with van der Waals surface area (Å²) in [6.45, 7) is 0. The summed E-state index contributed by atoms with van der Waals surface area (Å²) < 4.78 is 0.876. The smallest absolute Gasteiger partial charge is 0.244 e. The molecule has 1 atom stereocenters. The molecule has 1 fully saturated rings. The van der Waals surface area contributed by atoms with E-state index in [1.165, 1.54) is 12.8 Å². The summed E-state index contributed by atoms with van der Waals surface area (Å²) in [5.74, 6) is -0.145. The van der Waals surface area contributed by atoms with Crippen LogP contribution in [0.3, 0.4) is 0 Å². The maximum Gasteiger partial charge on any atom is 0.244 e. The molecule has 1 amide bonds. The van der Waals surface area contributed by atoms with Gasteiger partial charge in [0.05, 0.1) is 5.69 Å². The highest BCUT2D eigenvalue weighted by atomic mass is 79.9. The Bertz CT molecular complexity index is 390. The van der Waals surface area contributed by atoms with Crippen molar-refractivity contribution in [1.29, 1.82) is 0 Å². The lowest BCUT2D eigenvalue weighted by Gasteiger charge is -2.15. The first-order chi connectivity index (χ1) is 8.16.